The van der Waals surface area contributed by atoms with Crippen molar-refractivity contribution in [2.45, 2.75) is 25.9 Å². The van der Waals surface area contributed by atoms with Crippen LogP contribution in [0.4, 0.5) is 5.82 Å². The Hall–Kier alpha value is -2.48. The van der Waals surface area contributed by atoms with Crippen LogP contribution >= 0.6 is 0 Å². The highest BCUT2D eigenvalue weighted by atomic mass is 16.5. The molecule has 0 aromatic carbocycles. The summed E-state index contributed by atoms with van der Waals surface area (Å²) in [5, 5.41) is 6.03. The van der Waals surface area contributed by atoms with Crippen LogP contribution < -0.4 is 10.6 Å². The average Bonchev–Trinajstić information content (AvgIpc) is 3.23. The molecule has 1 saturated heterocycles. The number of nitrogens with zero attached hydrogens (tertiary/aromatic N) is 4. The molecule has 1 atom stereocenters. The van der Waals surface area contributed by atoms with Gasteiger partial charge < -0.3 is 15.4 Å². The van der Waals surface area contributed by atoms with Crippen molar-refractivity contribution in [1.82, 2.24) is 24.8 Å². The molecule has 1 fully saturated rings. The Labute approximate surface area is 134 Å². The van der Waals surface area contributed by atoms with Gasteiger partial charge in [-0.1, -0.05) is 0 Å². The number of rotatable bonds is 6. The first kappa shape index (κ1) is 15.4. The van der Waals surface area contributed by atoms with E-state index in [2.05, 4.69) is 25.6 Å². The lowest BCUT2D eigenvalue weighted by Gasteiger charge is -2.11. The lowest BCUT2D eigenvalue weighted by molar-refractivity contribution is -0.129. The Bertz CT molecular complexity index is 665. The van der Waals surface area contributed by atoms with Crippen LogP contribution in [-0.2, 0) is 9.53 Å². The number of aromatic nitrogens is 4. The minimum absolute atomic E-state index is 0.0401. The molecule has 3 rings (SSSR count). The first-order chi connectivity index (χ1) is 11.2. The van der Waals surface area contributed by atoms with Gasteiger partial charge in [0, 0.05) is 38.2 Å². The van der Waals surface area contributed by atoms with Gasteiger partial charge in [0.25, 0.3) is 0 Å². The molecule has 8 nitrogen and oxygen atoms in total. The van der Waals surface area contributed by atoms with Crippen molar-refractivity contribution >= 4 is 11.7 Å². The van der Waals surface area contributed by atoms with Crippen LogP contribution in [-0.4, -0.2) is 51.2 Å². The van der Waals surface area contributed by atoms with E-state index in [0.29, 0.717) is 25.5 Å². The third-order valence-corrected chi connectivity index (χ3v) is 3.68. The maximum Gasteiger partial charge on any atom is 0.249 e. The minimum atomic E-state index is -0.287. The average molecular weight is 316 g/mol. The number of carbonyl (C=O) groups excluding carboxylic acids is 1. The van der Waals surface area contributed by atoms with E-state index in [4.69, 9.17) is 4.74 Å². The third kappa shape index (κ3) is 3.84. The number of hydrogen-bond donors (Lipinski definition) is 2. The summed E-state index contributed by atoms with van der Waals surface area (Å²) in [6, 6.07) is 1.84. The van der Waals surface area contributed by atoms with Gasteiger partial charge in [0.05, 0.1) is 0 Å². The fourth-order valence-electron chi connectivity index (χ4n) is 2.47. The maximum atomic E-state index is 11.8. The quantitative estimate of drug-likeness (QED) is 0.761. The molecule has 2 N–H and O–H groups in total. The lowest BCUT2D eigenvalue weighted by atomic mass is 10.2. The van der Waals surface area contributed by atoms with Gasteiger partial charge in [-0.2, -0.15) is 0 Å². The van der Waals surface area contributed by atoms with Gasteiger partial charge >= 0.3 is 0 Å². The second kappa shape index (κ2) is 7.19. The predicted molar refractivity (Wildman–Crippen MR) is 84.4 cm³/mol. The Morgan fingerprint density at radius 3 is 3.04 bits per heavy atom. The molecule has 1 amide bonds. The zero-order valence-corrected chi connectivity index (χ0v) is 13.0. The van der Waals surface area contributed by atoms with Gasteiger partial charge in [-0.25, -0.2) is 15.0 Å². The molecule has 8 heteroatoms. The van der Waals surface area contributed by atoms with E-state index in [1.807, 2.05) is 23.8 Å². The number of hydrogen-bond acceptors (Lipinski definition) is 6. The van der Waals surface area contributed by atoms with Gasteiger partial charge in [-0.3, -0.25) is 9.36 Å². The summed E-state index contributed by atoms with van der Waals surface area (Å²) in [4.78, 5) is 24.4. The second-order valence-corrected chi connectivity index (χ2v) is 5.33. The summed E-state index contributed by atoms with van der Waals surface area (Å²) < 4.78 is 7.22. The van der Waals surface area contributed by atoms with E-state index in [9.17, 15) is 4.79 Å². The lowest BCUT2D eigenvalue weighted by Crippen LogP contribution is -2.36. The van der Waals surface area contributed by atoms with E-state index < -0.39 is 0 Å². The van der Waals surface area contributed by atoms with E-state index >= 15 is 0 Å². The normalized spacial score (nSPS) is 17.2. The summed E-state index contributed by atoms with van der Waals surface area (Å²) >= 11 is 0. The van der Waals surface area contributed by atoms with Crippen molar-refractivity contribution in [3.8, 4) is 5.82 Å². The molecular formula is C15H20N6O2. The zero-order chi connectivity index (χ0) is 16.1. The van der Waals surface area contributed by atoms with Gasteiger partial charge in [0.15, 0.2) is 0 Å². The summed E-state index contributed by atoms with van der Waals surface area (Å²) in [5.74, 6) is 2.27. The third-order valence-electron chi connectivity index (χ3n) is 3.68. The van der Waals surface area contributed by atoms with Crippen LogP contribution in [0, 0.1) is 6.92 Å². The Kier molecular flexibility index (Phi) is 4.82. The summed E-state index contributed by atoms with van der Waals surface area (Å²) in [7, 11) is 0. The molecule has 23 heavy (non-hydrogen) atoms. The van der Waals surface area contributed by atoms with Crippen LogP contribution in [0.25, 0.3) is 5.82 Å². The van der Waals surface area contributed by atoms with Crippen molar-refractivity contribution in [3.05, 3.63) is 30.6 Å². The monoisotopic (exact) mass is 316 g/mol. The highest BCUT2D eigenvalue weighted by Gasteiger charge is 2.22. The molecule has 3 heterocycles. The van der Waals surface area contributed by atoms with Crippen LogP contribution in [0.1, 0.15) is 18.7 Å². The minimum Gasteiger partial charge on any atom is -0.368 e. The Morgan fingerprint density at radius 1 is 1.39 bits per heavy atom. The van der Waals surface area contributed by atoms with Crippen molar-refractivity contribution in [3.63, 3.8) is 0 Å². The number of ether oxygens (including phenoxy) is 1. The number of aryl methyl sites for hydroxylation is 1. The van der Waals surface area contributed by atoms with Crippen molar-refractivity contribution < 1.29 is 9.53 Å². The van der Waals surface area contributed by atoms with Gasteiger partial charge in [0.2, 0.25) is 5.91 Å². The fourth-order valence-corrected chi connectivity index (χ4v) is 2.47. The molecule has 1 aliphatic heterocycles. The van der Waals surface area contributed by atoms with E-state index in [0.717, 1.165) is 24.5 Å². The SMILES string of the molecule is Cc1nccn1-c1cc(NCCNC(=O)C2CCCO2)ncn1. The Morgan fingerprint density at radius 2 is 2.30 bits per heavy atom. The molecular weight excluding hydrogens is 296 g/mol. The number of carbonyl (C=O) groups is 1. The predicted octanol–water partition coefficient (Wildman–Crippen LogP) is 0.678. The van der Waals surface area contributed by atoms with E-state index in [1.54, 1.807) is 6.20 Å². The number of imidazole rings is 1. The van der Waals surface area contributed by atoms with Crippen LogP contribution in [0.5, 0.6) is 0 Å². The standard InChI is InChI=1S/C15H20N6O2/c1-11-16-6-7-21(11)14-9-13(19-10-20-14)17-4-5-18-15(22)12-3-2-8-23-12/h6-7,9-10,12H,2-5,8H2,1H3,(H,18,22)(H,17,19,20). The molecule has 0 bridgehead atoms. The number of anilines is 1. The van der Waals surface area contributed by atoms with Crippen molar-refractivity contribution in [2.75, 3.05) is 25.0 Å². The van der Waals surface area contributed by atoms with Crippen LogP contribution in [0.15, 0.2) is 24.8 Å². The molecule has 2 aromatic heterocycles. The van der Waals surface area contributed by atoms with E-state index in [-0.39, 0.29) is 12.0 Å². The highest BCUT2D eigenvalue weighted by Crippen LogP contribution is 2.12. The molecule has 2 aromatic rings. The fraction of sp³-hybridized carbons (Fsp3) is 0.467. The van der Waals surface area contributed by atoms with E-state index in [1.165, 1.54) is 6.33 Å². The van der Waals surface area contributed by atoms with Crippen LogP contribution in [0.3, 0.4) is 0 Å². The molecule has 1 aliphatic rings. The molecule has 0 spiro atoms. The highest BCUT2D eigenvalue weighted by molar-refractivity contribution is 5.80. The molecule has 0 aliphatic carbocycles. The molecule has 122 valence electrons. The number of amides is 1. The van der Waals surface area contributed by atoms with Gasteiger partial charge in [-0.05, 0) is 19.8 Å². The Balaban J connectivity index is 1.49. The van der Waals surface area contributed by atoms with Crippen molar-refractivity contribution in [1.29, 1.82) is 0 Å². The largest absolute Gasteiger partial charge is 0.368 e. The maximum absolute atomic E-state index is 11.8. The van der Waals surface area contributed by atoms with Gasteiger partial charge in [-0.15, -0.1) is 0 Å². The zero-order valence-electron chi connectivity index (χ0n) is 13.0. The van der Waals surface area contributed by atoms with Crippen molar-refractivity contribution in [2.24, 2.45) is 0 Å². The smallest absolute Gasteiger partial charge is 0.249 e. The summed E-state index contributed by atoms with van der Waals surface area (Å²) in [6.07, 6.45) is 6.55. The first-order valence-corrected chi connectivity index (χ1v) is 7.69. The second-order valence-electron chi connectivity index (χ2n) is 5.33. The van der Waals surface area contributed by atoms with Crippen LogP contribution in [0.2, 0.25) is 0 Å². The molecule has 0 radical (unpaired) electrons. The topological polar surface area (TPSA) is 94.0 Å². The van der Waals surface area contributed by atoms with Gasteiger partial charge in [0.1, 0.15) is 29.9 Å². The summed E-state index contributed by atoms with van der Waals surface area (Å²) in [5.41, 5.74) is 0. The first-order valence-electron chi connectivity index (χ1n) is 7.69. The molecule has 1 unspecified atom stereocenters. The molecule has 0 saturated carbocycles. The summed E-state index contributed by atoms with van der Waals surface area (Å²) in [6.45, 7) is 3.68. The number of nitrogens with one attached hydrogen (secondary N) is 2.